The fraction of sp³-hybridized carbons (Fsp3) is 0.182. The first-order valence-electron chi connectivity index (χ1n) is 9.13. The summed E-state index contributed by atoms with van der Waals surface area (Å²) in [5.41, 5.74) is 7.03. The number of rotatable bonds is 3. The van der Waals surface area contributed by atoms with Crippen LogP contribution in [0.5, 0.6) is 5.75 Å². The van der Waals surface area contributed by atoms with Gasteiger partial charge in [0.2, 0.25) is 0 Å². The molecule has 27 heavy (non-hydrogen) atoms. The molecule has 4 aromatic rings. The molecule has 1 saturated heterocycles. The van der Waals surface area contributed by atoms with Crippen LogP contribution in [0.25, 0.3) is 28.0 Å². The van der Waals surface area contributed by atoms with Gasteiger partial charge in [-0.3, -0.25) is 4.98 Å². The van der Waals surface area contributed by atoms with E-state index in [2.05, 4.69) is 22.4 Å². The molecule has 0 atom stereocenters. The van der Waals surface area contributed by atoms with Crippen LogP contribution in [0.2, 0.25) is 0 Å². The smallest absolute Gasteiger partial charge is 0.136 e. The van der Waals surface area contributed by atoms with Crippen molar-refractivity contribution in [2.24, 2.45) is 0 Å². The first-order valence-corrected chi connectivity index (χ1v) is 9.13. The summed E-state index contributed by atoms with van der Waals surface area (Å²) in [7, 11) is 0. The number of hydrogen-bond acceptors (Lipinski definition) is 4. The highest BCUT2D eigenvalue weighted by Gasteiger charge is 2.19. The maximum atomic E-state index is 10.1. The van der Waals surface area contributed by atoms with Gasteiger partial charge in [-0.2, -0.15) is 0 Å². The lowest BCUT2D eigenvalue weighted by Gasteiger charge is -2.27. The molecule has 5 nitrogen and oxygen atoms in total. The number of phenolic OH excluding ortho intramolecular Hbond substituents is 1. The van der Waals surface area contributed by atoms with Gasteiger partial charge in [-0.1, -0.05) is 6.07 Å². The van der Waals surface area contributed by atoms with E-state index < -0.39 is 0 Å². The second kappa shape index (κ2) is 6.21. The number of pyridine rings is 2. The van der Waals surface area contributed by atoms with Gasteiger partial charge in [-0.05, 0) is 60.0 Å². The van der Waals surface area contributed by atoms with Gasteiger partial charge in [0.25, 0.3) is 0 Å². The van der Waals surface area contributed by atoms with E-state index in [0.29, 0.717) is 5.92 Å². The molecule has 3 aromatic heterocycles. The van der Waals surface area contributed by atoms with E-state index in [1.807, 2.05) is 48.1 Å². The molecule has 0 spiro atoms. The summed E-state index contributed by atoms with van der Waals surface area (Å²) in [6.07, 6.45) is 6.02. The first kappa shape index (κ1) is 16.0. The molecular formula is C22H20N4O. The molecule has 1 aromatic carbocycles. The number of nitrogens with zero attached hydrogens (tertiary/aromatic N) is 3. The highest BCUT2D eigenvalue weighted by molar-refractivity contribution is 5.83. The van der Waals surface area contributed by atoms with Crippen molar-refractivity contribution in [3.8, 4) is 28.1 Å². The van der Waals surface area contributed by atoms with Crippen molar-refractivity contribution in [1.29, 1.82) is 0 Å². The second-order valence-electron chi connectivity index (χ2n) is 7.13. The van der Waals surface area contributed by atoms with Crippen molar-refractivity contribution in [2.75, 3.05) is 13.1 Å². The summed E-state index contributed by atoms with van der Waals surface area (Å²) < 4.78 is 2.01. The van der Waals surface area contributed by atoms with Crippen LogP contribution in [0, 0.1) is 6.92 Å². The molecule has 1 fully saturated rings. The van der Waals surface area contributed by atoms with Crippen LogP contribution in [0.1, 0.15) is 17.2 Å². The zero-order chi connectivity index (χ0) is 18.4. The molecule has 0 bridgehead atoms. The first-order chi connectivity index (χ1) is 13.2. The van der Waals surface area contributed by atoms with E-state index in [9.17, 15) is 5.11 Å². The Labute approximate surface area is 157 Å². The number of benzene rings is 1. The molecule has 2 N–H and O–H groups in total. The minimum atomic E-state index is 0.243. The van der Waals surface area contributed by atoms with E-state index in [1.54, 1.807) is 12.1 Å². The van der Waals surface area contributed by atoms with Crippen LogP contribution in [0.4, 0.5) is 0 Å². The Balaban J connectivity index is 1.60. The normalized spacial score (nSPS) is 14.4. The summed E-state index contributed by atoms with van der Waals surface area (Å²) in [6, 6.07) is 13.7. The average molecular weight is 356 g/mol. The summed E-state index contributed by atoms with van der Waals surface area (Å²) in [4.78, 5) is 9.19. The molecular weight excluding hydrogens is 336 g/mol. The van der Waals surface area contributed by atoms with Gasteiger partial charge >= 0.3 is 0 Å². The largest absolute Gasteiger partial charge is 0.508 e. The molecule has 0 amide bonds. The Morgan fingerprint density at radius 1 is 1.04 bits per heavy atom. The predicted octanol–water partition coefficient (Wildman–Crippen LogP) is 3.76. The summed E-state index contributed by atoms with van der Waals surface area (Å²) in [5.74, 6) is 0.811. The van der Waals surface area contributed by atoms with Crippen LogP contribution in [-0.2, 0) is 0 Å². The minimum absolute atomic E-state index is 0.243. The third-order valence-corrected chi connectivity index (χ3v) is 5.20. The van der Waals surface area contributed by atoms with Crippen molar-refractivity contribution >= 4 is 5.65 Å². The zero-order valence-electron chi connectivity index (χ0n) is 15.1. The van der Waals surface area contributed by atoms with Crippen molar-refractivity contribution < 1.29 is 5.11 Å². The fourth-order valence-electron chi connectivity index (χ4n) is 3.60. The number of aromatic hydroxyl groups is 1. The summed E-state index contributed by atoms with van der Waals surface area (Å²) >= 11 is 0. The summed E-state index contributed by atoms with van der Waals surface area (Å²) in [5, 5.41) is 13.4. The third kappa shape index (κ3) is 2.86. The Morgan fingerprint density at radius 3 is 2.67 bits per heavy atom. The molecule has 0 unspecified atom stereocenters. The number of imidazole rings is 1. The number of nitrogens with one attached hydrogen (secondary N) is 1. The Hall–Kier alpha value is -3.18. The third-order valence-electron chi connectivity index (χ3n) is 5.20. The highest BCUT2D eigenvalue weighted by atomic mass is 16.3. The maximum Gasteiger partial charge on any atom is 0.136 e. The van der Waals surface area contributed by atoms with Gasteiger partial charge in [0.1, 0.15) is 11.4 Å². The van der Waals surface area contributed by atoms with Gasteiger partial charge in [0, 0.05) is 43.2 Å². The van der Waals surface area contributed by atoms with Crippen LogP contribution in [0.15, 0.2) is 61.1 Å². The Morgan fingerprint density at radius 2 is 1.93 bits per heavy atom. The number of phenols is 1. The SMILES string of the molecule is Cc1cn2cc(-c3cc(O)ccc3-c3ccc(C4CNC4)cn3)ccc2n1. The van der Waals surface area contributed by atoms with Crippen molar-refractivity contribution in [1.82, 2.24) is 19.7 Å². The number of hydrogen-bond donors (Lipinski definition) is 2. The fourth-order valence-corrected chi connectivity index (χ4v) is 3.60. The topological polar surface area (TPSA) is 62.5 Å². The van der Waals surface area contributed by atoms with E-state index in [-0.39, 0.29) is 5.75 Å². The monoisotopic (exact) mass is 356 g/mol. The number of fused-ring (bicyclic) bond motifs is 1. The van der Waals surface area contributed by atoms with Crippen LogP contribution >= 0.6 is 0 Å². The molecule has 0 radical (unpaired) electrons. The molecule has 5 heteroatoms. The Kier molecular flexibility index (Phi) is 3.69. The lowest BCUT2D eigenvalue weighted by molar-refractivity contribution is 0.447. The van der Waals surface area contributed by atoms with Crippen LogP contribution < -0.4 is 5.32 Å². The number of aromatic nitrogens is 3. The Bertz CT molecular complexity index is 1130. The molecule has 5 rings (SSSR count). The van der Waals surface area contributed by atoms with Crippen molar-refractivity contribution in [2.45, 2.75) is 12.8 Å². The van der Waals surface area contributed by atoms with E-state index in [0.717, 1.165) is 46.8 Å². The lowest BCUT2D eigenvalue weighted by atomic mass is 9.93. The van der Waals surface area contributed by atoms with Crippen molar-refractivity contribution in [3.05, 3.63) is 72.3 Å². The molecule has 134 valence electrons. The standard InChI is InChI=1S/C22H20N4O/c1-14-12-26-13-16(3-7-22(26)25-14)20-8-18(27)4-5-19(20)21-6-2-15(11-24-21)17-9-23-10-17/h2-8,11-13,17,23,27H,9-10H2,1H3. The summed E-state index contributed by atoms with van der Waals surface area (Å²) in [6.45, 7) is 4.03. The van der Waals surface area contributed by atoms with E-state index in [4.69, 9.17) is 4.98 Å². The van der Waals surface area contributed by atoms with E-state index >= 15 is 0 Å². The van der Waals surface area contributed by atoms with Gasteiger partial charge in [-0.15, -0.1) is 0 Å². The van der Waals surface area contributed by atoms with E-state index in [1.165, 1.54) is 5.56 Å². The predicted molar refractivity (Wildman–Crippen MR) is 106 cm³/mol. The molecule has 1 aliphatic rings. The van der Waals surface area contributed by atoms with Gasteiger partial charge in [0.15, 0.2) is 0 Å². The molecule has 0 saturated carbocycles. The minimum Gasteiger partial charge on any atom is -0.508 e. The van der Waals surface area contributed by atoms with Crippen LogP contribution in [0.3, 0.4) is 0 Å². The number of aryl methyl sites for hydroxylation is 1. The average Bonchev–Trinajstić information content (AvgIpc) is 3.00. The van der Waals surface area contributed by atoms with Gasteiger partial charge < -0.3 is 14.8 Å². The zero-order valence-corrected chi connectivity index (χ0v) is 15.1. The van der Waals surface area contributed by atoms with Gasteiger partial charge in [-0.25, -0.2) is 4.98 Å². The molecule has 1 aliphatic heterocycles. The quantitative estimate of drug-likeness (QED) is 0.587. The second-order valence-corrected chi connectivity index (χ2v) is 7.13. The molecule has 0 aliphatic carbocycles. The lowest BCUT2D eigenvalue weighted by Crippen LogP contribution is -2.39. The maximum absolute atomic E-state index is 10.1. The highest BCUT2D eigenvalue weighted by Crippen LogP contribution is 2.34. The van der Waals surface area contributed by atoms with Gasteiger partial charge in [0.05, 0.1) is 11.4 Å². The van der Waals surface area contributed by atoms with Crippen LogP contribution in [-0.4, -0.2) is 32.6 Å². The van der Waals surface area contributed by atoms with Crippen molar-refractivity contribution in [3.63, 3.8) is 0 Å². The molecule has 4 heterocycles.